The van der Waals surface area contributed by atoms with Crippen molar-refractivity contribution in [3.8, 4) is 0 Å². The predicted octanol–water partition coefficient (Wildman–Crippen LogP) is 1.62. The fourth-order valence-electron chi connectivity index (χ4n) is 1.68. The number of hydrogen-bond donors (Lipinski definition) is 2. The van der Waals surface area contributed by atoms with Gasteiger partial charge in [-0.2, -0.15) is 26.3 Å². The van der Waals surface area contributed by atoms with Crippen LogP contribution >= 0.6 is 11.3 Å². The molecule has 0 fully saturated rings. The lowest BCUT2D eigenvalue weighted by Gasteiger charge is -2.15. The van der Waals surface area contributed by atoms with E-state index in [2.05, 4.69) is 44.0 Å². The molecular formula is C12H18N6S. The van der Waals surface area contributed by atoms with E-state index in [0.717, 1.165) is 6.42 Å². The van der Waals surface area contributed by atoms with Crippen molar-refractivity contribution in [3.63, 3.8) is 0 Å². The lowest BCUT2D eigenvalue weighted by Crippen LogP contribution is -2.22. The van der Waals surface area contributed by atoms with Gasteiger partial charge in [0.25, 0.3) is 0 Å². The number of rotatable bonds is 5. The monoisotopic (exact) mass is 278 g/mol. The number of nitrogens with two attached hydrogens (primary N) is 1. The summed E-state index contributed by atoms with van der Waals surface area (Å²) in [6, 6.07) is 2.35. The Hall–Kier alpha value is -1.89. The minimum atomic E-state index is 0.226. The number of nitrogens with one attached hydrogen (secondary N) is 1. The molecule has 102 valence electrons. The quantitative estimate of drug-likeness (QED) is 0.865. The van der Waals surface area contributed by atoms with Crippen LogP contribution in [-0.2, 0) is 6.42 Å². The Morgan fingerprint density at radius 3 is 2.79 bits per heavy atom. The van der Waals surface area contributed by atoms with E-state index in [1.165, 1.54) is 5.56 Å². The Labute approximate surface area is 116 Å². The van der Waals surface area contributed by atoms with Gasteiger partial charge in [0.2, 0.25) is 17.8 Å². The van der Waals surface area contributed by atoms with Crippen LogP contribution in [0.2, 0.25) is 0 Å². The molecule has 2 rings (SSSR count). The van der Waals surface area contributed by atoms with E-state index in [0.29, 0.717) is 11.9 Å². The summed E-state index contributed by atoms with van der Waals surface area (Å²) < 4.78 is 0. The van der Waals surface area contributed by atoms with Crippen LogP contribution in [0.25, 0.3) is 0 Å². The topological polar surface area (TPSA) is 80.0 Å². The number of thiophene rings is 1. The van der Waals surface area contributed by atoms with E-state index < -0.39 is 0 Å². The van der Waals surface area contributed by atoms with Crippen LogP contribution in [0.1, 0.15) is 12.5 Å². The first kappa shape index (κ1) is 13.5. The fourth-order valence-corrected chi connectivity index (χ4v) is 2.36. The highest BCUT2D eigenvalue weighted by molar-refractivity contribution is 7.07. The van der Waals surface area contributed by atoms with Crippen molar-refractivity contribution in [3.05, 3.63) is 22.4 Å². The van der Waals surface area contributed by atoms with Crippen LogP contribution in [0.3, 0.4) is 0 Å². The van der Waals surface area contributed by atoms with Crippen LogP contribution in [-0.4, -0.2) is 35.1 Å². The summed E-state index contributed by atoms with van der Waals surface area (Å²) >= 11 is 1.70. The molecule has 1 unspecified atom stereocenters. The summed E-state index contributed by atoms with van der Waals surface area (Å²) in [5.74, 6) is 1.29. The SMILES string of the molecule is CC(Cc1ccsc1)Nc1nc(N)nc(N(C)C)n1. The van der Waals surface area contributed by atoms with Crippen molar-refractivity contribution in [2.24, 2.45) is 0 Å². The molecule has 0 saturated carbocycles. The summed E-state index contributed by atoms with van der Waals surface area (Å²) in [6.07, 6.45) is 0.923. The molecule has 3 N–H and O–H groups in total. The van der Waals surface area contributed by atoms with Crippen molar-refractivity contribution in [2.75, 3.05) is 30.0 Å². The van der Waals surface area contributed by atoms with Crippen molar-refractivity contribution < 1.29 is 0 Å². The van der Waals surface area contributed by atoms with Gasteiger partial charge in [-0.3, -0.25) is 0 Å². The summed E-state index contributed by atoms with van der Waals surface area (Å²) in [5.41, 5.74) is 6.99. The second-order valence-electron chi connectivity index (χ2n) is 4.59. The third-order valence-electron chi connectivity index (χ3n) is 2.54. The third kappa shape index (κ3) is 3.78. The van der Waals surface area contributed by atoms with E-state index in [4.69, 9.17) is 5.73 Å². The molecule has 0 aliphatic carbocycles. The zero-order chi connectivity index (χ0) is 13.8. The van der Waals surface area contributed by atoms with Gasteiger partial charge in [0.1, 0.15) is 0 Å². The second kappa shape index (κ2) is 5.83. The summed E-state index contributed by atoms with van der Waals surface area (Å²) in [7, 11) is 3.74. The highest BCUT2D eigenvalue weighted by Gasteiger charge is 2.09. The van der Waals surface area contributed by atoms with Gasteiger partial charge >= 0.3 is 0 Å². The highest BCUT2D eigenvalue weighted by atomic mass is 32.1. The van der Waals surface area contributed by atoms with E-state index in [1.54, 1.807) is 16.2 Å². The first-order valence-corrected chi connectivity index (χ1v) is 6.95. The first-order chi connectivity index (χ1) is 9.04. The Morgan fingerprint density at radius 1 is 1.37 bits per heavy atom. The third-order valence-corrected chi connectivity index (χ3v) is 3.27. The Kier molecular flexibility index (Phi) is 4.16. The Bertz CT molecular complexity index is 525. The highest BCUT2D eigenvalue weighted by Crippen LogP contribution is 2.13. The molecule has 6 nitrogen and oxygen atoms in total. The number of anilines is 3. The Morgan fingerprint density at radius 2 is 2.16 bits per heavy atom. The maximum Gasteiger partial charge on any atom is 0.231 e. The van der Waals surface area contributed by atoms with E-state index in [-0.39, 0.29) is 12.0 Å². The molecule has 19 heavy (non-hydrogen) atoms. The molecule has 2 aromatic heterocycles. The molecule has 2 heterocycles. The largest absolute Gasteiger partial charge is 0.368 e. The molecule has 7 heteroatoms. The number of hydrogen-bond acceptors (Lipinski definition) is 7. The van der Waals surface area contributed by atoms with Crippen molar-refractivity contribution in [1.82, 2.24) is 15.0 Å². The lowest BCUT2D eigenvalue weighted by molar-refractivity contribution is 0.776. The van der Waals surface area contributed by atoms with Gasteiger partial charge in [-0.25, -0.2) is 0 Å². The van der Waals surface area contributed by atoms with Crippen LogP contribution < -0.4 is 16.0 Å². The van der Waals surface area contributed by atoms with Crippen LogP contribution in [0.4, 0.5) is 17.8 Å². The molecule has 0 aliphatic rings. The van der Waals surface area contributed by atoms with Gasteiger partial charge in [0.05, 0.1) is 0 Å². The molecule has 0 radical (unpaired) electrons. The average molecular weight is 278 g/mol. The molecule has 2 aromatic rings. The Balaban J connectivity index is 2.05. The van der Waals surface area contributed by atoms with Crippen molar-refractivity contribution >= 4 is 29.2 Å². The first-order valence-electron chi connectivity index (χ1n) is 6.01. The van der Waals surface area contributed by atoms with E-state index in [9.17, 15) is 0 Å². The van der Waals surface area contributed by atoms with Crippen molar-refractivity contribution in [2.45, 2.75) is 19.4 Å². The predicted molar refractivity (Wildman–Crippen MR) is 79.7 cm³/mol. The number of nitrogens with zero attached hydrogens (tertiary/aromatic N) is 4. The number of aromatic nitrogens is 3. The molecule has 0 spiro atoms. The van der Waals surface area contributed by atoms with Gasteiger partial charge in [-0.15, -0.1) is 0 Å². The van der Waals surface area contributed by atoms with Gasteiger partial charge in [0.15, 0.2) is 0 Å². The molecular weight excluding hydrogens is 260 g/mol. The standard InChI is InChI=1S/C12H18N6S/c1-8(6-9-4-5-19-7-9)14-11-15-10(13)16-12(17-11)18(2)3/h4-5,7-8H,6H2,1-3H3,(H3,13,14,15,16,17). The average Bonchev–Trinajstić information content (AvgIpc) is 2.80. The van der Waals surface area contributed by atoms with E-state index >= 15 is 0 Å². The van der Waals surface area contributed by atoms with Crippen LogP contribution in [0.5, 0.6) is 0 Å². The summed E-state index contributed by atoms with van der Waals surface area (Å²) in [6.45, 7) is 2.09. The minimum absolute atomic E-state index is 0.226. The molecule has 0 aliphatic heterocycles. The van der Waals surface area contributed by atoms with Gasteiger partial charge in [-0.05, 0) is 35.7 Å². The molecule has 1 atom stereocenters. The molecule has 0 aromatic carbocycles. The fraction of sp³-hybridized carbons (Fsp3) is 0.417. The molecule has 0 saturated heterocycles. The lowest BCUT2D eigenvalue weighted by atomic mass is 10.1. The molecule has 0 bridgehead atoms. The van der Waals surface area contributed by atoms with Crippen molar-refractivity contribution in [1.29, 1.82) is 0 Å². The number of nitrogen functional groups attached to an aromatic ring is 1. The smallest absolute Gasteiger partial charge is 0.231 e. The van der Waals surface area contributed by atoms with E-state index in [1.807, 2.05) is 14.1 Å². The normalized spacial score (nSPS) is 12.2. The maximum absolute atomic E-state index is 5.68. The van der Waals surface area contributed by atoms with Crippen LogP contribution in [0.15, 0.2) is 16.8 Å². The van der Waals surface area contributed by atoms with Crippen LogP contribution in [0, 0.1) is 0 Å². The van der Waals surface area contributed by atoms with Gasteiger partial charge in [-0.1, -0.05) is 0 Å². The summed E-state index contributed by atoms with van der Waals surface area (Å²) in [5, 5.41) is 7.47. The van der Waals surface area contributed by atoms with Gasteiger partial charge in [0, 0.05) is 20.1 Å². The zero-order valence-electron chi connectivity index (χ0n) is 11.3. The molecule has 0 amide bonds. The summed E-state index contributed by atoms with van der Waals surface area (Å²) in [4.78, 5) is 14.3. The second-order valence-corrected chi connectivity index (χ2v) is 5.37. The maximum atomic E-state index is 5.68. The minimum Gasteiger partial charge on any atom is -0.368 e. The zero-order valence-corrected chi connectivity index (χ0v) is 12.1. The van der Waals surface area contributed by atoms with Gasteiger partial charge < -0.3 is 16.0 Å².